The summed E-state index contributed by atoms with van der Waals surface area (Å²) in [6.45, 7) is 3.08. The van der Waals surface area contributed by atoms with Gasteiger partial charge in [-0.2, -0.15) is 0 Å². The summed E-state index contributed by atoms with van der Waals surface area (Å²) in [5, 5.41) is 0. The third kappa shape index (κ3) is 1.61. The standard InChI is InChI=1S/C9H11F2N/c1-5-8(10)3-7(6(2)12)4-9(5)11/h3-4,6H,12H2,1-2H3. The summed E-state index contributed by atoms with van der Waals surface area (Å²) in [5.41, 5.74) is 5.99. The van der Waals surface area contributed by atoms with Crippen LogP contribution in [-0.4, -0.2) is 0 Å². The lowest BCUT2D eigenvalue weighted by Gasteiger charge is -2.07. The predicted octanol–water partition coefficient (Wildman–Crippen LogP) is 2.29. The van der Waals surface area contributed by atoms with Gasteiger partial charge in [-0.3, -0.25) is 0 Å². The van der Waals surface area contributed by atoms with Crippen molar-refractivity contribution in [3.8, 4) is 0 Å². The lowest BCUT2D eigenvalue weighted by molar-refractivity contribution is 0.561. The number of nitrogens with two attached hydrogens (primary N) is 1. The monoisotopic (exact) mass is 171 g/mol. The van der Waals surface area contributed by atoms with Crippen LogP contribution in [0.25, 0.3) is 0 Å². The Labute approximate surface area is 70.2 Å². The molecule has 0 aliphatic carbocycles. The Morgan fingerprint density at radius 1 is 1.25 bits per heavy atom. The molecular formula is C9H11F2N. The molecule has 2 N–H and O–H groups in total. The molecule has 0 fully saturated rings. The number of hydrogen-bond donors (Lipinski definition) is 1. The molecule has 3 heteroatoms. The van der Waals surface area contributed by atoms with Crippen LogP contribution in [0.15, 0.2) is 12.1 Å². The summed E-state index contributed by atoms with van der Waals surface area (Å²) in [5.74, 6) is -1.08. The molecule has 0 aliphatic heterocycles. The Kier molecular flexibility index (Phi) is 2.43. The Morgan fingerprint density at radius 3 is 2.00 bits per heavy atom. The van der Waals surface area contributed by atoms with E-state index in [1.807, 2.05) is 0 Å². The van der Waals surface area contributed by atoms with Gasteiger partial charge in [-0.15, -0.1) is 0 Å². The van der Waals surface area contributed by atoms with Crippen LogP contribution < -0.4 is 5.73 Å². The topological polar surface area (TPSA) is 26.0 Å². The van der Waals surface area contributed by atoms with Crippen LogP contribution in [0.5, 0.6) is 0 Å². The lowest BCUT2D eigenvalue weighted by atomic mass is 10.1. The largest absolute Gasteiger partial charge is 0.324 e. The fourth-order valence-corrected chi connectivity index (χ4v) is 0.928. The number of rotatable bonds is 1. The van der Waals surface area contributed by atoms with Gasteiger partial charge in [0, 0.05) is 11.6 Å². The van der Waals surface area contributed by atoms with Crippen molar-refractivity contribution in [3.63, 3.8) is 0 Å². The highest BCUT2D eigenvalue weighted by atomic mass is 19.1. The minimum absolute atomic E-state index is 0.0411. The highest BCUT2D eigenvalue weighted by molar-refractivity contribution is 5.26. The van der Waals surface area contributed by atoms with E-state index < -0.39 is 11.6 Å². The predicted molar refractivity (Wildman–Crippen MR) is 43.7 cm³/mol. The highest BCUT2D eigenvalue weighted by Gasteiger charge is 2.08. The Balaban J connectivity index is 3.21. The van der Waals surface area contributed by atoms with E-state index in [1.54, 1.807) is 6.92 Å². The molecule has 0 amide bonds. The fourth-order valence-electron chi connectivity index (χ4n) is 0.928. The van der Waals surface area contributed by atoms with Crippen molar-refractivity contribution in [2.75, 3.05) is 0 Å². The van der Waals surface area contributed by atoms with Gasteiger partial charge in [-0.1, -0.05) is 0 Å². The average Bonchev–Trinajstić information content (AvgIpc) is 1.99. The van der Waals surface area contributed by atoms with Gasteiger partial charge in [0.2, 0.25) is 0 Å². The van der Waals surface area contributed by atoms with E-state index in [0.29, 0.717) is 5.56 Å². The van der Waals surface area contributed by atoms with Crippen molar-refractivity contribution in [3.05, 3.63) is 34.9 Å². The van der Waals surface area contributed by atoms with E-state index in [9.17, 15) is 8.78 Å². The normalized spacial score (nSPS) is 13.1. The summed E-state index contributed by atoms with van der Waals surface area (Å²) < 4.78 is 25.8. The van der Waals surface area contributed by atoms with E-state index in [0.717, 1.165) is 0 Å². The van der Waals surface area contributed by atoms with Crippen LogP contribution in [0.2, 0.25) is 0 Å². The first kappa shape index (κ1) is 9.13. The highest BCUT2D eigenvalue weighted by Crippen LogP contribution is 2.17. The summed E-state index contributed by atoms with van der Waals surface area (Å²) in [4.78, 5) is 0. The van der Waals surface area contributed by atoms with Crippen LogP contribution in [-0.2, 0) is 0 Å². The first-order valence-electron chi connectivity index (χ1n) is 3.73. The van der Waals surface area contributed by atoms with Crippen LogP contribution in [0.3, 0.4) is 0 Å². The Hall–Kier alpha value is -0.960. The van der Waals surface area contributed by atoms with Gasteiger partial charge in [0.05, 0.1) is 0 Å². The van der Waals surface area contributed by atoms with E-state index in [2.05, 4.69) is 0 Å². The third-order valence-corrected chi connectivity index (χ3v) is 1.83. The number of benzene rings is 1. The number of hydrogen-bond acceptors (Lipinski definition) is 1. The van der Waals surface area contributed by atoms with Crippen molar-refractivity contribution < 1.29 is 8.78 Å². The van der Waals surface area contributed by atoms with Gasteiger partial charge in [-0.25, -0.2) is 8.78 Å². The van der Waals surface area contributed by atoms with E-state index >= 15 is 0 Å². The summed E-state index contributed by atoms with van der Waals surface area (Å²) >= 11 is 0. The van der Waals surface area contributed by atoms with E-state index in [1.165, 1.54) is 19.1 Å². The molecule has 12 heavy (non-hydrogen) atoms. The molecule has 1 aromatic carbocycles. The zero-order valence-electron chi connectivity index (χ0n) is 7.07. The molecule has 0 bridgehead atoms. The maximum atomic E-state index is 12.9. The van der Waals surface area contributed by atoms with Crippen LogP contribution in [0.1, 0.15) is 24.1 Å². The molecule has 1 aromatic rings. The van der Waals surface area contributed by atoms with Gasteiger partial charge < -0.3 is 5.73 Å². The quantitative estimate of drug-likeness (QED) is 0.689. The van der Waals surface area contributed by atoms with Crippen LogP contribution >= 0.6 is 0 Å². The minimum Gasteiger partial charge on any atom is -0.324 e. The molecule has 0 saturated carbocycles. The molecule has 0 spiro atoms. The summed E-state index contributed by atoms with van der Waals surface area (Å²) in [6, 6.07) is 2.20. The van der Waals surface area contributed by atoms with Crippen LogP contribution in [0, 0.1) is 18.6 Å². The molecule has 0 saturated heterocycles. The molecular weight excluding hydrogens is 160 g/mol. The van der Waals surface area contributed by atoms with Crippen molar-refractivity contribution in [2.45, 2.75) is 19.9 Å². The van der Waals surface area contributed by atoms with Gasteiger partial charge in [0.1, 0.15) is 11.6 Å². The Bertz CT molecular complexity index is 272. The molecule has 1 rings (SSSR count). The summed E-state index contributed by atoms with van der Waals surface area (Å²) in [7, 11) is 0. The second-order valence-corrected chi connectivity index (χ2v) is 2.90. The average molecular weight is 171 g/mol. The molecule has 1 nitrogen and oxygen atoms in total. The minimum atomic E-state index is -0.540. The second kappa shape index (κ2) is 3.19. The van der Waals surface area contributed by atoms with Crippen molar-refractivity contribution >= 4 is 0 Å². The molecule has 1 atom stereocenters. The van der Waals surface area contributed by atoms with E-state index in [4.69, 9.17) is 5.73 Å². The third-order valence-electron chi connectivity index (χ3n) is 1.83. The van der Waals surface area contributed by atoms with Gasteiger partial charge in [-0.05, 0) is 31.5 Å². The zero-order valence-corrected chi connectivity index (χ0v) is 7.07. The second-order valence-electron chi connectivity index (χ2n) is 2.90. The molecule has 1 unspecified atom stereocenters. The lowest BCUT2D eigenvalue weighted by Crippen LogP contribution is -2.06. The summed E-state index contributed by atoms with van der Waals surface area (Å²) in [6.07, 6.45) is 0. The van der Waals surface area contributed by atoms with Gasteiger partial charge in [0.15, 0.2) is 0 Å². The smallest absolute Gasteiger partial charge is 0.129 e. The first-order valence-corrected chi connectivity index (χ1v) is 3.73. The molecule has 0 aliphatic rings. The zero-order chi connectivity index (χ0) is 9.30. The first-order chi connectivity index (χ1) is 5.52. The van der Waals surface area contributed by atoms with Crippen molar-refractivity contribution in [1.82, 2.24) is 0 Å². The van der Waals surface area contributed by atoms with Crippen molar-refractivity contribution in [1.29, 1.82) is 0 Å². The van der Waals surface area contributed by atoms with Gasteiger partial charge in [0.25, 0.3) is 0 Å². The Morgan fingerprint density at radius 2 is 1.67 bits per heavy atom. The van der Waals surface area contributed by atoms with E-state index in [-0.39, 0.29) is 11.6 Å². The fraction of sp³-hybridized carbons (Fsp3) is 0.333. The molecule has 0 aromatic heterocycles. The molecule has 0 radical (unpaired) electrons. The maximum Gasteiger partial charge on any atom is 0.129 e. The van der Waals surface area contributed by atoms with Gasteiger partial charge >= 0.3 is 0 Å². The SMILES string of the molecule is Cc1c(F)cc(C(C)N)cc1F. The molecule has 66 valence electrons. The van der Waals surface area contributed by atoms with Crippen molar-refractivity contribution in [2.24, 2.45) is 5.73 Å². The molecule has 0 heterocycles. The number of halogens is 2. The van der Waals surface area contributed by atoms with Crippen LogP contribution in [0.4, 0.5) is 8.78 Å². The maximum absolute atomic E-state index is 12.9.